The molecule has 2 N–H and O–H groups in total. The molecule has 0 aromatic carbocycles. The predicted octanol–water partition coefficient (Wildman–Crippen LogP) is -0.895. The maximum absolute atomic E-state index is 8.74. The van der Waals surface area contributed by atoms with E-state index in [1.54, 1.807) is 0 Å². The van der Waals surface area contributed by atoms with Crippen molar-refractivity contribution in [2.24, 2.45) is 0 Å². The summed E-state index contributed by atoms with van der Waals surface area (Å²) in [5.74, 6) is 0. The second-order valence-corrected chi connectivity index (χ2v) is 1.69. The van der Waals surface area contributed by atoms with Gasteiger partial charge in [-0.1, -0.05) is 0 Å². The zero-order chi connectivity index (χ0) is 7.21. The minimum atomic E-state index is -4.67. The fraction of sp³-hybridized carbons (Fsp3) is 0. The Hall–Kier alpha value is 0.899. The van der Waals surface area contributed by atoms with Crippen molar-refractivity contribution in [3.63, 3.8) is 0 Å². The number of hydrogen-bond acceptors (Lipinski definition) is 4. The van der Waals surface area contributed by atoms with E-state index in [2.05, 4.69) is 0 Å². The third kappa shape index (κ3) is 524. The van der Waals surface area contributed by atoms with Crippen LogP contribution in [0.2, 0.25) is 0 Å². The van der Waals surface area contributed by atoms with Crippen molar-refractivity contribution < 1.29 is 65.0 Å². The Kier molecular flexibility index (Phi) is 16.3. The van der Waals surface area contributed by atoms with Crippen molar-refractivity contribution in [1.82, 2.24) is 0 Å². The second-order valence-electron chi connectivity index (χ2n) is 0.531. The van der Waals surface area contributed by atoms with E-state index in [-0.39, 0.29) is 21.7 Å². The molecule has 0 aliphatic heterocycles. The van der Waals surface area contributed by atoms with E-state index in [1.807, 2.05) is 0 Å². The first-order valence-corrected chi connectivity index (χ1v) is 3.78. The van der Waals surface area contributed by atoms with Crippen molar-refractivity contribution in [1.29, 1.82) is 0 Å². The quantitative estimate of drug-likeness (QED) is 0.409. The monoisotopic (exact) mass is 226 g/mol. The number of hydrogen-bond donors (Lipinski definition) is 2. The molecule has 0 unspecified atom stereocenters. The summed E-state index contributed by atoms with van der Waals surface area (Å²) in [4.78, 5) is 0. The SMILES string of the molecule is O=S(=O)(O)O.[O]=[Ti]=[O].[Ti]. The minimum Gasteiger partial charge on any atom is 0 e. The van der Waals surface area contributed by atoms with E-state index in [9.17, 15) is 0 Å². The van der Waals surface area contributed by atoms with Crippen molar-refractivity contribution in [3.8, 4) is 0 Å². The van der Waals surface area contributed by atoms with E-state index in [4.69, 9.17) is 24.2 Å². The zero-order valence-electron chi connectivity index (χ0n) is 3.94. The molecule has 0 fully saturated rings. The van der Waals surface area contributed by atoms with Crippen LogP contribution in [-0.4, -0.2) is 17.5 Å². The standard InChI is InChI=1S/H2O4S.2O.2Ti/c1-5(2,3)4;;;;/h(H2,1,2,3,4);;;;. The summed E-state index contributed by atoms with van der Waals surface area (Å²) in [6.45, 7) is 0. The molecular weight excluding hydrogens is 224 g/mol. The molecule has 0 aliphatic rings. The van der Waals surface area contributed by atoms with Crippen LogP contribution in [0.25, 0.3) is 0 Å². The Morgan fingerprint density at radius 3 is 1.11 bits per heavy atom. The van der Waals surface area contributed by atoms with Crippen LogP contribution < -0.4 is 0 Å². The Labute approximate surface area is 75.0 Å². The predicted molar refractivity (Wildman–Crippen MR) is 15.6 cm³/mol. The van der Waals surface area contributed by atoms with Crippen molar-refractivity contribution in [2.75, 3.05) is 0 Å². The third-order valence-electron chi connectivity index (χ3n) is 0. The molecule has 0 bridgehead atoms. The molecule has 0 rings (SSSR count). The van der Waals surface area contributed by atoms with Gasteiger partial charge in [0, 0.05) is 21.7 Å². The molecule has 0 aromatic heterocycles. The van der Waals surface area contributed by atoms with Crippen LogP contribution in [0.4, 0.5) is 0 Å². The van der Waals surface area contributed by atoms with Gasteiger partial charge in [0.2, 0.25) is 0 Å². The minimum absolute atomic E-state index is 0. The van der Waals surface area contributed by atoms with E-state index in [1.165, 1.54) is 0 Å². The van der Waals surface area contributed by atoms with Crippen molar-refractivity contribution >= 4 is 10.4 Å². The molecule has 0 aliphatic carbocycles. The smallest absolute Gasteiger partial charge is 0 e. The molecule has 0 amide bonds. The van der Waals surface area contributed by atoms with Crippen LogP contribution >= 0.6 is 0 Å². The molecule has 0 radical (unpaired) electrons. The normalized spacial score (nSPS) is 7.33. The van der Waals surface area contributed by atoms with Gasteiger partial charge >= 0.3 is 36.1 Å². The summed E-state index contributed by atoms with van der Waals surface area (Å²) < 4.78 is 48.6. The van der Waals surface area contributed by atoms with Crippen molar-refractivity contribution in [2.45, 2.75) is 0 Å². The zero-order valence-corrected chi connectivity index (χ0v) is 7.88. The van der Waals surface area contributed by atoms with Gasteiger partial charge in [-0.05, 0) is 0 Å². The summed E-state index contributed by atoms with van der Waals surface area (Å²) in [5, 5.41) is 0. The van der Waals surface area contributed by atoms with Gasteiger partial charge in [0.05, 0.1) is 0 Å². The Morgan fingerprint density at radius 1 is 1.11 bits per heavy atom. The second kappa shape index (κ2) is 8.90. The van der Waals surface area contributed by atoms with E-state index < -0.39 is 29.5 Å². The molecule has 0 spiro atoms. The van der Waals surface area contributed by atoms with Gasteiger partial charge < -0.3 is 0 Å². The van der Waals surface area contributed by atoms with Crippen LogP contribution in [0.15, 0.2) is 0 Å². The third-order valence-corrected chi connectivity index (χ3v) is 0. The van der Waals surface area contributed by atoms with Gasteiger partial charge in [0.15, 0.2) is 0 Å². The topological polar surface area (TPSA) is 109 Å². The van der Waals surface area contributed by atoms with Gasteiger partial charge in [0.25, 0.3) is 0 Å². The fourth-order valence-electron chi connectivity index (χ4n) is 0. The Bertz CT molecular complexity index is 151. The summed E-state index contributed by atoms with van der Waals surface area (Å²) in [6.07, 6.45) is 0. The van der Waals surface area contributed by atoms with Crippen LogP contribution in [0.5, 0.6) is 0 Å². The molecular formula is H2O6STi2. The van der Waals surface area contributed by atoms with Crippen LogP contribution in [0.3, 0.4) is 0 Å². The first-order chi connectivity index (χ1) is 3.41. The van der Waals surface area contributed by atoms with Crippen LogP contribution in [0.1, 0.15) is 0 Å². The van der Waals surface area contributed by atoms with Gasteiger partial charge in [0.1, 0.15) is 0 Å². The molecule has 9 heteroatoms. The largest absolute Gasteiger partial charge is 0 e. The van der Waals surface area contributed by atoms with E-state index >= 15 is 0 Å². The first kappa shape index (κ1) is 16.5. The van der Waals surface area contributed by atoms with Gasteiger partial charge in [-0.25, -0.2) is 0 Å². The first-order valence-electron chi connectivity index (χ1n) is 1.11. The molecule has 0 saturated heterocycles. The van der Waals surface area contributed by atoms with Crippen molar-refractivity contribution in [3.05, 3.63) is 0 Å². The summed E-state index contributed by atoms with van der Waals surface area (Å²) in [6, 6.07) is 0. The molecule has 52 valence electrons. The number of rotatable bonds is 0. The molecule has 6 nitrogen and oxygen atoms in total. The van der Waals surface area contributed by atoms with E-state index in [0.717, 1.165) is 0 Å². The Balaban J connectivity index is -0.0000000800. The maximum Gasteiger partial charge on any atom is 0 e. The van der Waals surface area contributed by atoms with Crippen LogP contribution in [-0.2, 0) is 57.9 Å². The average molecular weight is 226 g/mol. The maximum atomic E-state index is 8.74. The van der Waals surface area contributed by atoms with Gasteiger partial charge in [-0.3, -0.25) is 9.11 Å². The molecule has 9 heavy (non-hydrogen) atoms. The summed E-state index contributed by atoms with van der Waals surface area (Å²) in [7, 11) is -4.67. The Morgan fingerprint density at radius 2 is 1.11 bits per heavy atom. The summed E-state index contributed by atoms with van der Waals surface area (Å²) >= 11 is -2.00. The molecule has 0 aromatic rings. The fourth-order valence-corrected chi connectivity index (χ4v) is 0. The molecule has 0 atom stereocenters. The summed E-state index contributed by atoms with van der Waals surface area (Å²) in [5.41, 5.74) is 0. The average Bonchev–Trinajstić information content (AvgIpc) is 1.27. The molecule has 0 heterocycles. The van der Waals surface area contributed by atoms with Gasteiger partial charge in [-0.2, -0.15) is 8.42 Å². The van der Waals surface area contributed by atoms with E-state index in [0.29, 0.717) is 0 Å². The van der Waals surface area contributed by atoms with Gasteiger partial charge in [-0.15, -0.1) is 0 Å². The van der Waals surface area contributed by atoms with Crippen LogP contribution in [0, 0.1) is 0 Å². The molecule has 0 saturated carbocycles.